The van der Waals surface area contributed by atoms with E-state index in [0.29, 0.717) is 27.5 Å². The first kappa shape index (κ1) is 19.5. The van der Waals surface area contributed by atoms with Crippen molar-refractivity contribution in [2.24, 2.45) is 0 Å². The number of Topliss-reactive ketones (excluding diaryl/α,β-unsaturated/α-hetero) is 1. The fourth-order valence-corrected chi connectivity index (χ4v) is 3.67. The second kappa shape index (κ2) is 8.26. The summed E-state index contributed by atoms with van der Waals surface area (Å²) in [6.45, 7) is 0. The monoisotopic (exact) mass is 415 g/mol. The summed E-state index contributed by atoms with van der Waals surface area (Å²) in [4.78, 5) is 24.4. The zero-order valence-electron chi connectivity index (χ0n) is 15.7. The average molecular weight is 415 g/mol. The molecule has 0 unspecified atom stereocenters. The summed E-state index contributed by atoms with van der Waals surface area (Å²) < 4.78 is 0. The number of nitro groups is 1. The van der Waals surface area contributed by atoms with Crippen molar-refractivity contribution >= 4 is 34.5 Å². The lowest BCUT2D eigenvalue weighted by Crippen LogP contribution is -2.44. The molecular weight excluding hydrogens is 398 g/mol. The molecule has 0 saturated heterocycles. The molecule has 0 amide bonds. The van der Waals surface area contributed by atoms with Crippen molar-refractivity contribution in [2.45, 2.75) is 6.04 Å². The van der Waals surface area contributed by atoms with Gasteiger partial charge in [-0.15, -0.1) is 0 Å². The van der Waals surface area contributed by atoms with E-state index in [9.17, 15) is 14.9 Å². The van der Waals surface area contributed by atoms with Crippen molar-refractivity contribution in [1.29, 1.82) is 0 Å². The zero-order chi connectivity index (χ0) is 21.1. The van der Waals surface area contributed by atoms with Crippen LogP contribution in [0.25, 0.3) is 5.70 Å². The van der Waals surface area contributed by atoms with E-state index in [0.717, 1.165) is 5.56 Å². The molecule has 1 aliphatic heterocycles. The van der Waals surface area contributed by atoms with E-state index in [4.69, 9.17) is 12.2 Å². The first-order valence-electron chi connectivity index (χ1n) is 9.26. The molecule has 7 heteroatoms. The van der Waals surface area contributed by atoms with Gasteiger partial charge in [0.05, 0.1) is 22.2 Å². The number of thiocarbonyl (C=S) groups is 1. The average Bonchev–Trinajstić information content (AvgIpc) is 2.79. The summed E-state index contributed by atoms with van der Waals surface area (Å²) in [7, 11) is 0. The molecular formula is C23H17N3O3S. The number of nitrogens with zero attached hydrogens (tertiary/aromatic N) is 1. The third-order valence-corrected chi connectivity index (χ3v) is 5.05. The summed E-state index contributed by atoms with van der Waals surface area (Å²) in [5.41, 5.74) is 2.89. The Morgan fingerprint density at radius 2 is 1.60 bits per heavy atom. The largest absolute Gasteiger partial charge is 0.351 e. The van der Waals surface area contributed by atoms with Crippen LogP contribution in [-0.2, 0) is 0 Å². The van der Waals surface area contributed by atoms with Gasteiger partial charge < -0.3 is 10.6 Å². The number of nitrogens with one attached hydrogen (secondary N) is 2. The van der Waals surface area contributed by atoms with E-state index >= 15 is 0 Å². The van der Waals surface area contributed by atoms with E-state index in [2.05, 4.69) is 10.6 Å². The number of carbonyl (C=O) groups is 1. The number of nitro benzene ring substituents is 1. The second-order valence-corrected chi connectivity index (χ2v) is 7.14. The predicted octanol–water partition coefficient (Wildman–Crippen LogP) is 4.41. The topological polar surface area (TPSA) is 84.3 Å². The van der Waals surface area contributed by atoms with Gasteiger partial charge in [-0.05, 0) is 23.3 Å². The van der Waals surface area contributed by atoms with E-state index in [1.165, 1.54) is 12.1 Å². The summed E-state index contributed by atoms with van der Waals surface area (Å²) in [5.74, 6) is -0.187. The molecule has 3 aromatic rings. The van der Waals surface area contributed by atoms with Gasteiger partial charge in [-0.25, -0.2) is 0 Å². The number of ketones is 1. The number of hydrogen-bond acceptors (Lipinski definition) is 4. The van der Waals surface area contributed by atoms with Crippen LogP contribution < -0.4 is 10.6 Å². The number of benzene rings is 3. The second-order valence-electron chi connectivity index (χ2n) is 6.73. The van der Waals surface area contributed by atoms with Crippen LogP contribution in [0.4, 0.5) is 5.69 Å². The minimum absolute atomic E-state index is 0.0495. The smallest absolute Gasteiger partial charge is 0.269 e. The summed E-state index contributed by atoms with van der Waals surface area (Å²) in [5, 5.41) is 17.9. The predicted molar refractivity (Wildman–Crippen MR) is 119 cm³/mol. The lowest BCUT2D eigenvalue weighted by atomic mass is 9.87. The first-order chi connectivity index (χ1) is 14.5. The van der Waals surface area contributed by atoms with Crippen LogP contribution in [0.2, 0.25) is 0 Å². The summed E-state index contributed by atoms with van der Waals surface area (Å²) >= 11 is 5.40. The van der Waals surface area contributed by atoms with E-state index in [1.54, 1.807) is 36.4 Å². The Morgan fingerprint density at radius 3 is 2.27 bits per heavy atom. The summed E-state index contributed by atoms with van der Waals surface area (Å²) in [6, 6.07) is 23.9. The quantitative estimate of drug-likeness (QED) is 0.278. The molecule has 0 aliphatic carbocycles. The lowest BCUT2D eigenvalue weighted by Gasteiger charge is -2.31. The number of carbonyl (C=O) groups excluding carboxylic acids is 1. The number of rotatable bonds is 5. The molecule has 0 saturated carbocycles. The van der Waals surface area contributed by atoms with Crippen LogP contribution in [0.3, 0.4) is 0 Å². The molecule has 148 valence electrons. The third-order valence-electron chi connectivity index (χ3n) is 4.83. The molecule has 0 fully saturated rings. The normalized spacial score (nSPS) is 15.9. The molecule has 0 spiro atoms. The van der Waals surface area contributed by atoms with Crippen molar-refractivity contribution in [3.8, 4) is 0 Å². The van der Waals surface area contributed by atoms with Gasteiger partial charge in [-0.2, -0.15) is 0 Å². The van der Waals surface area contributed by atoms with Gasteiger partial charge in [0.25, 0.3) is 5.69 Å². The maximum atomic E-state index is 13.6. The number of non-ortho nitro benzene ring substituents is 1. The fourth-order valence-electron chi connectivity index (χ4n) is 3.45. The van der Waals surface area contributed by atoms with Gasteiger partial charge in [-0.1, -0.05) is 72.8 Å². The third kappa shape index (κ3) is 3.83. The summed E-state index contributed by atoms with van der Waals surface area (Å²) in [6.07, 6.45) is 0. The van der Waals surface area contributed by atoms with Crippen LogP contribution >= 0.6 is 12.2 Å². The van der Waals surface area contributed by atoms with Gasteiger partial charge in [-0.3, -0.25) is 14.9 Å². The Bertz CT molecular complexity index is 1160. The Balaban J connectivity index is 1.93. The van der Waals surface area contributed by atoms with Crippen LogP contribution in [0, 0.1) is 10.1 Å². The molecule has 1 aliphatic rings. The maximum absolute atomic E-state index is 13.6. The van der Waals surface area contributed by atoms with Gasteiger partial charge in [0, 0.05) is 17.7 Å². The molecule has 0 aromatic heterocycles. The van der Waals surface area contributed by atoms with Crippen molar-refractivity contribution < 1.29 is 9.72 Å². The Kier molecular flexibility index (Phi) is 5.36. The van der Waals surface area contributed by atoms with Crippen LogP contribution in [0.1, 0.15) is 27.5 Å². The SMILES string of the molecule is O=C(C1=C(c2ccccc2)NC(=S)N[C@H]1c1cccc([N+](=O)[O-])c1)c1ccccc1. The van der Waals surface area contributed by atoms with Crippen LogP contribution in [-0.4, -0.2) is 15.8 Å². The molecule has 3 aromatic carbocycles. The highest BCUT2D eigenvalue weighted by Gasteiger charge is 2.33. The van der Waals surface area contributed by atoms with Crippen LogP contribution in [0.5, 0.6) is 0 Å². The Hall–Kier alpha value is -3.84. The zero-order valence-corrected chi connectivity index (χ0v) is 16.6. The highest BCUT2D eigenvalue weighted by Crippen LogP contribution is 2.34. The Labute approximate surface area is 178 Å². The minimum Gasteiger partial charge on any atom is -0.351 e. The van der Waals surface area contributed by atoms with Gasteiger partial charge >= 0.3 is 0 Å². The highest BCUT2D eigenvalue weighted by molar-refractivity contribution is 7.80. The standard InChI is InChI=1S/C23H17N3O3S/c27-22(16-10-5-2-6-11-16)19-20(15-8-3-1-4-9-15)24-23(30)25-21(19)17-12-7-13-18(14-17)26(28)29/h1-14,21H,(H2,24,25,30)/t21-/m0/s1. The van der Waals surface area contributed by atoms with Gasteiger partial charge in [0.2, 0.25) is 0 Å². The van der Waals surface area contributed by atoms with E-state index in [-0.39, 0.29) is 11.5 Å². The van der Waals surface area contributed by atoms with E-state index < -0.39 is 11.0 Å². The van der Waals surface area contributed by atoms with Crippen molar-refractivity contribution in [2.75, 3.05) is 0 Å². The van der Waals surface area contributed by atoms with Gasteiger partial charge in [0.15, 0.2) is 10.9 Å². The fraction of sp³-hybridized carbons (Fsp3) is 0.0435. The van der Waals surface area contributed by atoms with Crippen molar-refractivity contribution in [3.05, 3.63) is 117 Å². The van der Waals surface area contributed by atoms with E-state index in [1.807, 2.05) is 36.4 Å². The molecule has 1 atom stereocenters. The van der Waals surface area contributed by atoms with Crippen molar-refractivity contribution in [1.82, 2.24) is 10.6 Å². The highest BCUT2D eigenvalue weighted by atomic mass is 32.1. The molecule has 1 heterocycles. The molecule has 0 radical (unpaired) electrons. The molecule has 4 rings (SSSR count). The van der Waals surface area contributed by atoms with Gasteiger partial charge in [0.1, 0.15) is 0 Å². The lowest BCUT2D eigenvalue weighted by molar-refractivity contribution is -0.384. The van der Waals surface area contributed by atoms with Crippen molar-refractivity contribution in [3.63, 3.8) is 0 Å². The molecule has 6 nitrogen and oxygen atoms in total. The van der Waals surface area contributed by atoms with Crippen LogP contribution in [0.15, 0.2) is 90.5 Å². The minimum atomic E-state index is -0.637. The first-order valence-corrected chi connectivity index (χ1v) is 9.66. The number of hydrogen-bond donors (Lipinski definition) is 2. The maximum Gasteiger partial charge on any atom is 0.269 e. The molecule has 2 N–H and O–H groups in total. The molecule has 30 heavy (non-hydrogen) atoms. The molecule has 0 bridgehead atoms. The Morgan fingerprint density at radius 1 is 0.933 bits per heavy atom.